The summed E-state index contributed by atoms with van der Waals surface area (Å²) < 4.78 is 10.3. The van der Waals surface area contributed by atoms with Crippen molar-refractivity contribution in [3.05, 3.63) is 65.7 Å². The van der Waals surface area contributed by atoms with Gasteiger partial charge in [-0.1, -0.05) is 12.1 Å². The average Bonchev–Trinajstić information content (AvgIpc) is 3.41. The van der Waals surface area contributed by atoms with E-state index in [0.29, 0.717) is 55.0 Å². The molecule has 0 aliphatic carbocycles. The number of aliphatic imine (C=N–C) groups is 2. The maximum Gasteiger partial charge on any atom is 0.300 e. The van der Waals surface area contributed by atoms with Gasteiger partial charge in [-0.05, 0) is 34.1 Å². The topological polar surface area (TPSA) is 106 Å². The molecule has 3 aliphatic heterocycles. The number of nitrogens with zero attached hydrogens (tertiary/aromatic N) is 5. The van der Waals surface area contributed by atoms with Crippen molar-refractivity contribution >= 4 is 29.5 Å². The van der Waals surface area contributed by atoms with E-state index in [1.807, 2.05) is 18.2 Å². The van der Waals surface area contributed by atoms with Crippen molar-refractivity contribution < 1.29 is 18.6 Å². The van der Waals surface area contributed by atoms with Crippen LogP contribution < -0.4 is 5.84 Å². The summed E-state index contributed by atoms with van der Waals surface area (Å²) in [5.74, 6) is 7.84. The summed E-state index contributed by atoms with van der Waals surface area (Å²) in [6.07, 6.45) is 4.85. The molecule has 0 spiro atoms. The number of rotatable bonds is 3. The summed E-state index contributed by atoms with van der Waals surface area (Å²) in [4.78, 5) is 23.5. The molecule has 4 heterocycles. The number of nitrogens with two attached hydrogens (primary N) is 1. The van der Waals surface area contributed by atoms with Crippen LogP contribution in [0.2, 0.25) is 0 Å². The van der Waals surface area contributed by atoms with Crippen LogP contribution in [0.3, 0.4) is 0 Å². The highest BCUT2D eigenvalue weighted by molar-refractivity contribution is 6.32. The number of hydrogen-bond acceptors (Lipinski definition) is 7. The lowest BCUT2D eigenvalue weighted by Gasteiger charge is -2.27. The quantitative estimate of drug-likeness (QED) is 0.634. The number of carbonyl (C=O) groups excluding carboxylic acids is 1. The maximum absolute atomic E-state index is 12.8. The lowest BCUT2D eigenvalue weighted by atomic mass is 10.1. The molecule has 9 nitrogen and oxygen atoms in total. The van der Waals surface area contributed by atoms with Crippen LogP contribution in [0.4, 0.5) is 0 Å². The number of amidine groups is 2. The molecule has 2 N–H and O–H groups in total. The SMILES string of the molecule is N[N+]12C=C(c3cccc(C(=O)N4CCOCC4)c3)N=CC1=NC(c1ccco1)=N2. The van der Waals surface area contributed by atoms with Crippen LogP contribution in [0.25, 0.3) is 5.70 Å². The van der Waals surface area contributed by atoms with Gasteiger partial charge < -0.3 is 14.1 Å². The molecule has 1 saturated heterocycles. The average molecular weight is 391 g/mol. The number of ether oxygens (including phenoxy) is 1. The van der Waals surface area contributed by atoms with Gasteiger partial charge in [-0.3, -0.25) is 4.79 Å². The van der Waals surface area contributed by atoms with Crippen molar-refractivity contribution in [3.8, 4) is 0 Å². The first-order valence-electron chi connectivity index (χ1n) is 9.27. The Labute approximate surface area is 166 Å². The third-order valence-electron chi connectivity index (χ3n) is 4.93. The van der Waals surface area contributed by atoms with Gasteiger partial charge in [0.1, 0.15) is 11.9 Å². The van der Waals surface area contributed by atoms with Crippen LogP contribution in [0.5, 0.6) is 0 Å². The van der Waals surface area contributed by atoms with E-state index in [1.54, 1.807) is 41.8 Å². The first kappa shape index (κ1) is 17.7. The van der Waals surface area contributed by atoms with Gasteiger partial charge in [0.05, 0.1) is 19.5 Å². The van der Waals surface area contributed by atoms with Crippen molar-refractivity contribution in [2.75, 3.05) is 26.3 Å². The molecule has 0 radical (unpaired) electrons. The number of hydrogen-bond donors (Lipinski definition) is 1. The van der Waals surface area contributed by atoms with E-state index in [0.717, 1.165) is 5.56 Å². The minimum absolute atomic E-state index is 0.0197. The second-order valence-electron chi connectivity index (χ2n) is 6.87. The Kier molecular flexibility index (Phi) is 4.20. The van der Waals surface area contributed by atoms with Crippen molar-refractivity contribution in [3.63, 3.8) is 0 Å². The molecule has 0 bridgehead atoms. The van der Waals surface area contributed by atoms with E-state index < -0.39 is 0 Å². The zero-order chi connectivity index (χ0) is 19.8. The number of fused-ring (bicyclic) bond motifs is 1. The molecular weight excluding hydrogens is 372 g/mol. The summed E-state index contributed by atoms with van der Waals surface area (Å²) in [7, 11) is 0. The number of benzene rings is 1. The Morgan fingerprint density at radius 1 is 1.17 bits per heavy atom. The fourth-order valence-electron chi connectivity index (χ4n) is 3.40. The molecule has 5 rings (SSSR count). The zero-order valence-corrected chi connectivity index (χ0v) is 15.6. The van der Waals surface area contributed by atoms with Crippen molar-refractivity contribution in [1.29, 1.82) is 0 Å². The van der Waals surface area contributed by atoms with Gasteiger partial charge in [-0.2, -0.15) is 4.99 Å². The molecular formula is C20H19N6O3+. The third kappa shape index (κ3) is 3.21. The fourth-order valence-corrected chi connectivity index (χ4v) is 3.40. The minimum atomic E-state index is -0.351. The van der Waals surface area contributed by atoms with Gasteiger partial charge >= 0.3 is 0 Å². The summed E-state index contributed by atoms with van der Waals surface area (Å²) in [6.45, 7) is 2.31. The summed E-state index contributed by atoms with van der Waals surface area (Å²) in [5, 5.41) is 4.47. The molecule has 2 aromatic rings. The standard InChI is InChI=1S/C20H19N6O3/c21-26-13-16(22-12-18(26)23-19(24-26)17-5-2-8-29-17)14-3-1-4-15(11-14)20(27)25-6-9-28-10-7-25/h1-5,8,11-13H,6-7,9-10,21H2/q+1. The lowest BCUT2D eigenvalue weighted by molar-refractivity contribution is -0.802. The van der Waals surface area contributed by atoms with Crippen molar-refractivity contribution in [2.24, 2.45) is 20.9 Å². The van der Waals surface area contributed by atoms with Crippen LogP contribution in [-0.4, -0.2) is 59.7 Å². The monoisotopic (exact) mass is 391 g/mol. The van der Waals surface area contributed by atoms with Gasteiger partial charge in [0.15, 0.2) is 12.0 Å². The molecule has 1 fully saturated rings. The molecule has 1 amide bonds. The Morgan fingerprint density at radius 2 is 2.03 bits per heavy atom. The second-order valence-corrected chi connectivity index (χ2v) is 6.87. The van der Waals surface area contributed by atoms with Gasteiger partial charge in [0.2, 0.25) is 0 Å². The molecule has 0 saturated carbocycles. The molecule has 1 atom stereocenters. The third-order valence-corrected chi connectivity index (χ3v) is 4.93. The normalized spacial score (nSPS) is 23.3. The zero-order valence-electron chi connectivity index (χ0n) is 15.6. The molecule has 1 aromatic carbocycles. The first-order valence-corrected chi connectivity index (χ1v) is 9.27. The minimum Gasteiger partial charge on any atom is -0.461 e. The summed E-state index contributed by atoms with van der Waals surface area (Å²) >= 11 is 0. The smallest absolute Gasteiger partial charge is 0.300 e. The number of quaternary nitrogens is 1. The maximum atomic E-state index is 12.8. The Bertz CT molecular complexity index is 1080. The fraction of sp³-hybridized carbons (Fsp3) is 0.200. The van der Waals surface area contributed by atoms with Crippen molar-refractivity contribution in [1.82, 2.24) is 4.90 Å². The highest BCUT2D eigenvalue weighted by Crippen LogP contribution is 2.27. The van der Waals surface area contributed by atoms with E-state index >= 15 is 0 Å². The van der Waals surface area contributed by atoms with Gasteiger partial charge in [-0.15, -0.1) is 5.84 Å². The largest absolute Gasteiger partial charge is 0.461 e. The van der Waals surface area contributed by atoms with E-state index in [1.165, 1.54) is 0 Å². The number of carbonyl (C=O) groups is 1. The Hall–Kier alpha value is -3.40. The Morgan fingerprint density at radius 3 is 2.83 bits per heavy atom. The predicted octanol–water partition coefficient (Wildman–Crippen LogP) is 1.60. The van der Waals surface area contributed by atoms with Crippen LogP contribution in [0.1, 0.15) is 21.7 Å². The number of furan rings is 1. The summed E-state index contributed by atoms with van der Waals surface area (Å²) in [5.41, 5.74) is 2.00. The van der Waals surface area contributed by atoms with E-state index in [9.17, 15) is 4.79 Å². The molecule has 1 unspecified atom stereocenters. The highest BCUT2D eigenvalue weighted by Gasteiger charge is 2.40. The van der Waals surface area contributed by atoms with Crippen LogP contribution in [0.15, 0.2) is 68.4 Å². The predicted molar refractivity (Wildman–Crippen MR) is 107 cm³/mol. The van der Waals surface area contributed by atoms with Crippen LogP contribution in [-0.2, 0) is 4.74 Å². The highest BCUT2D eigenvalue weighted by atomic mass is 16.5. The molecule has 29 heavy (non-hydrogen) atoms. The summed E-state index contributed by atoms with van der Waals surface area (Å²) in [6, 6.07) is 10.9. The number of morpholine rings is 1. The molecule has 3 aliphatic rings. The van der Waals surface area contributed by atoms with Crippen LogP contribution in [0, 0.1) is 0 Å². The Balaban J connectivity index is 1.44. The molecule has 9 heteroatoms. The van der Waals surface area contributed by atoms with Gasteiger partial charge in [-0.25, -0.2) is 4.99 Å². The lowest BCUT2D eigenvalue weighted by Crippen LogP contribution is -2.50. The van der Waals surface area contributed by atoms with Crippen molar-refractivity contribution in [2.45, 2.75) is 0 Å². The van der Waals surface area contributed by atoms with Gasteiger partial charge in [0.25, 0.3) is 17.6 Å². The van der Waals surface area contributed by atoms with Crippen LogP contribution >= 0.6 is 0 Å². The number of amides is 1. The van der Waals surface area contributed by atoms with E-state index in [-0.39, 0.29) is 10.6 Å². The molecule has 1 aromatic heterocycles. The van der Waals surface area contributed by atoms with E-state index in [4.69, 9.17) is 15.0 Å². The second kappa shape index (κ2) is 6.89. The first-order chi connectivity index (χ1) is 14.1. The van der Waals surface area contributed by atoms with Gasteiger partial charge in [0, 0.05) is 24.2 Å². The molecule has 146 valence electrons. The van der Waals surface area contributed by atoms with E-state index in [2.05, 4.69) is 15.1 Å².